The number of methoxy groups -OCH3 is 1. The monoisotopic (exact) mass is 230 g/mol. The molecule has 3 heteroatoms. The van der Waals surface area contributed by atoms with E-state index in [0.29, 0.717) is 12.0 Å². The molecular formula is C14H18N2O. The van der Waals surface area contributed by atoms with Crippen LogP contribution in [-0.2, 0) is 0 Å². The number of rotatable bonds is 2. The summed E-state index contributed by atoms with van der Waals surface area (Å²) in [7, 11) is 1.69. The lowest BCUT2D eigenvalue weighted by Gasteiger charge is -2.25. The van der Waals surface area contributed by atoms with Crippen LogP contribution >= 0.6 is 0 Å². The number of fused-ring (bicyclic) bond motifs is 1. The summed E-state index contributed by atoms with van der Waals surface area (Å²) in [5.41, 5.74) is 2.63. The van der Waals surface area contributed by atoms with Crippen LogP contribution in [0.1, 0.15) is 24.8 Å². The number of aromatic nitrogens is 1. The zero-order chi connectivity index (χ0) is 11.7. The van der Waals surface area contributed by atoms with E-state index >= 15 is 0 Å². The van der Waals surface area contributed by atoms with Gasteiger partial charge in [0.2, 0.25) is 0 Å². The molecule has 0 radical (unpaired) electrons. The van der Waals surface area contributed by atoms with Gasteiger partial charge < -0.3 is 10.1 Å². The summed E-state index contributed by atoms with van der Waals surface area (Å²) in [5.74, 6) is 1.55. The highest BCUT2D eigenvalue weighted by Gasteiger charge is 2.29. The van der Waals surface area contributed by atoms with Crippen molar-refractivity contribution in [3.8, 4) is 5.75 Å². The van der Waals surface area contributed by atoms with E-state index in [2.05, 4.69) is 22.4 Å². The van der Waals surface area contributed by atoms with Gasteiger partial charge in [-0.15, -0.1) is 0 Å². The fraction of sp³-hybridized carbons (Fsp3) is 0.500. The Kier molecular flexibility index (Phi) is 2.85. The number of pyridine rings is 1. The van der Waals surface area contributed by atoms with Gasteiger partial charge in [0.25, 0.3) is 0 Å². The second-order valence-corrected chi connectivity index (χ2v) is 4.88. The van der Waals surface area contributed by atoms with Crippen molar-refractivity contribution in [3.63, 3.8) is 0 Å². The summed E-state index contributed by atoms with van der Waals surface area (Å²) in [4.78, 5) is 4.23. The van der Waals surface area contributed by atoms with Gasteiger partial charge in [-0.25, -0.2) is 0 Å². The van der Waals surface area contributed by atoms with Gasteiger partial charge in [0, 0.05) is 12.2 Å². The van der Waals surface area contributed by atoms with Gasteiger partial charge >= 0.3 is 0 Å². The summed E-state index contributed by atoms with van der Waals surface area (Å²) in [6.07, 6.45) is 9.85. The molecule has 0 spiro atoms. The molecule has 3 nitrogen and oxygen atoms in total. The third-order valence-electron chi connectivity index (χ3n) is 3.81. The lowest BCUT2D eigenvalue weighted by molar-refractivity contribution is 0.348. The fourth-order valence-corrected chi connectivity index (χ4v) is 2.88. The first-order valence-electron chi connectivity index (χ1n) is 6.30. The third kappa shape index (κ3) is 2.07. The molecule has 1 aliphatic carbocycles. The quantitative estimate of drug-likeness (QED) is 0.846. The first-order valence-corrected chi connectivity index (χ1v) is 6.30. The molecule has 0 aromatic carbocycles. The molecule has 1 fully saturated rings. The van der Waals surface area contributed by atoms with Crippen molar-refractivity contribution in [1.82, 2.24) is 10.3 Å². The molecular weight excluding hydrogens is 212 g/mol. The Morgan fingerprint density at radius 3 is 3.18 bits per heavy atom. The Bertz CT molecular complexity index is 442. The van der Waals surface area contributed by atoms with Crippen molar-refractivity contribution in [2.24, 2.45) is 5.92 Å². The molecule has 0 bridgehead atoms. The minimum atomic E-state index is 0.643. The van der Waals surface area contributed by atoms with Crippen LogP contribution in [0.25, 0.3) is 5.57 Å². The predicted molar refractivity (Wildman–Crippen MR) is 67.9 cm³/mol. The van der Waals surface area contributed by atoms with Crippen LogP contribution < -0.4 is 10.1 Å². The van der Waals surface area contributed by atoms with Gasteiger partial charge in [-0.1, -0.05) is 6.08 Å². The number of nitrogens with zero attached hydrogens (tertiary/aromatic N) is 1. The zero-order valence-electron chi connectivity index (χ0n) is 10.1. The highest BCUT2D eigenvalue weighted by molar-refractivity contribution is 5.69. The van der Waals surface area contributed by atoms with Crippen LogP contribution in [0.4, 0.5) is 0 Å². The van der Waals surface area contributed by atoms with Crippen LogP contribution in [-0.4, -0.2) is 24.7 Å². The number of piperidine rings is 1. The Labute approximate surface area is 102 Å². The summed E-state index contributed by atoms with van der Waals surface area (Å²) in [6, 6.07) is 2.72. The molecule has 1 aromatic heterocycles. The molecule has 90 valence electrons. The van der Waals surface area contributed by atoms with Crippen LogP contribution in [0.5, 0.6) is 5.75 Å². The van der Waals surface area contributed by atoms with E-state index < -0.39 is 0 Å². The van der Waals surface area contributed by atoms with E-state index in [4.69, 9.17) is 4.74 Å². The van der Waals surface area contributed by atoms with Gasteiger partial charge in [0.15, 0.2) is 0 Å². The Morgan fingerprint density at radius 2 is 2.35 bits per heavy atom. The molecule has 2 atom stereocenters. The molecule has 1 aliphatic heterocycles. The van der Waals surface area contributed by atoms with Crippen molar-refractivity contribution in [2.75, 3.05) is 13.7 Å². The molecule has 0 amide bonds. The average molecular weight is 230 g/mol. The third-order valence-corrected chi connectivity index (χ3v) is 3.81. The minimum absolute atomic E-state index is 0.643. The molecule has 17 heavy (non-hydrogen) atoms. The highest BCUT2D eigenvalue weighted by atomic mass is 16.5. The van der Waals surface area contributed by atoms with Crippen molar-refractivity contribution in [3.05, 3.63) is 30.1 Å². The van der Waals surface area contributed by atoms with Gasteiger partial charge in [-0.2, -0.15) is 0 Å². The standard InChI is InChI=1S/C14H18N2O/c1-17-13-6-12(8-15-9-13)11-5-10-3-2-4-16-14(10)7-11/h5-6,8-10,14,16H,2-4,7H2,1H3/t10-,14+/m0/s1. The van der Waals surface area contributed by atoms with E-state index in [1.54, 1.807) is 13.3 Å². The first kappa shape index (κ1) is 10.8. The normalized spacial score (nSPS) is 27.5. The van der Waals surface area contributed by atoms with Crippen molar-refractivity contribution >= 4 is 5.57 Å². The molecule has 0 unspecified atom stereocenters. The lowest BCUT2D eigenvalue weighted by Crippen LogP contribution is -2.37. The molecule has 3 rings (SSSR count). The first-order chi connectivity index (χ1) is 8.36. The number of ether oxygens (including phenoxy) is 1. The molecule has 2 heterocycles. The van der Waals surface area contributed by atoms with E-state index in [1.165, 1.54) is 30.5 Å². The average Bonchev–Trinajstić information content (AvgIpc) is 2.82. The molecule has 1 N–H and O–H groups in total. The van der Waals surface area contributed by atoms with E-state index in [1.807, 2.05) is 6.20 Å². The van der Waals surface area contributed by atoms with Crippen LogP contribution in [0.15, 0.2) is 24.5 Å². The summed E-state index contributed by atoms with van der Waals surface area (Å²) in [6.45, 7) is 1.17. The van der Waals surface area contributed by atoms with Gasteiger partial charge in [-0.3, -0.25) is 4.98 Å². The molecule has 1 saturated heterocycles. The molecule has 0 saturated carbocycles. The Morgan fingerprint density at radius 1 is 1.41 bits per heavy atom. The van der Waals surface area contributed by atoms with Crippen LogP contribution in [0.2, 0.25) is 0 Å². The Hall–Kier alpha value is -1.35. The number of hydrogen-bond donors (Lipinski definition) is 1. The summed E-state index contributed by atoms with van der Waals surface area (Å²) >= 11 is 0. The smallest absolute Gasteiger partial charge is 0.137 e. The lowest BCUT2D eigenvalue weighted by atomic mass is 9.94. The number of hydrogen-bond acceptors (Lipinski definition) is 3. The topological polar surface area (TPSA) is 34.1 Å². The maximum atomic E-state index is 5.23. The van der Waals surface area contributed by atoms with Crippen molar-refractivity contribution in [2.45, 2.75) is 25.3 Å². The maximum absolute atomic E-state index is 5.23. The van der Waals surface area contributed by atoms with E-state index in [-0.39, 0.29) is 0 Å². The maximum Gasteiger partial charge on any atom is 0.137 e. The second kappa shape index (κ2) is 4.49. The second-order valence-electron chi connectivity index (χ2n) is 4.88. The predicted octanol–water partition coefficient (Wildman–Crippen LogP) is 2.25. The van der Waals surface area contributed by atoms with Crippen LogP contribution in [0, 0.1) is 5.92 Å². The minimum Gasteiger partial charge on any atom is -0.495 e. The van der Waals surface area contributed by atoms with Gasteiger partial charge in [-0.05, 0) is 48.9 Å². The van der Waals surface area contributed by atoms with Crippen molar-refractivity contribution < 1.29 is 4.74 Å². The van der Waals surface area contributed by atoms with E-state index in [9.17, 15) is 0 Å². The van der Waals surface area contributed by atoms with Crippen LogP contribution in [0.3, 0.4) is 0 Å². The SMILES string of the molecule is COc1cncc(C2=C[C@@H]3CCCN[C@@H]3C2)c1. The summed E-state index contributed by atoms with van der Waals surface area (Å²) < 4.78 is 5.23. The number of nitrogens with one attached hydrogen (secondary N) is 1. The van der Waals surface area contributed by atoms with Gasteiger partial charge in [0.05, 0.1) is 13.3 Å². The fourth-order valence-electron chi connectivity index (χ4n) is 2.88. The van der Waals surface area contributed by atoms with E-state index in [0.717, 1.165) is 12.2 Å². The largest absolute Gasteiger partial charge is 0.495 e. The van der Waals surface area contributed by atoms with Gasteiger partial charge in [0.1, 0.15) is 5.75 Å². The zero-order valence-corrected chi connectivity index (χ0v) is 10.1. The van der Waals surface area contributed by atoms with Crippen molar-refractivity contribution in [1.29, 1.82) is 0 Å². The Balaban J connectivity index is 1.84. The molecule has 2 aliphatic rings. The molecule has 1 aromatic rings. The highest BCUT2D eigenvalue weighted by Crippen LogP contribution is 2.36. The summed E-state index contributed by atoms with van der Waals surface area (Å²) in [5, 5.41) is 3.61.